The number of quaternary nitrogens is 1. The van der Waals surface area contributed by atoms with E-state index in [2.05, 4.69) is 69.0 Å². The fraction of sp³-hybridized carbons (Fsp3) is 0.375. The molecule has 0 amide bonds. The summed E-state index contributed by atoms with van der Waals surface area (Å²) >= 11 is 0. The van der Waals surface area contributed by atoms with Gasteiger partial charge in [-0.05, 0) is 31.5 Å². The molecule has 3 fully saturated rings. The molecule has 1 atom stereocenters. The van der Waals surface area contributed by atoms with Crippen LogP contribution in [0.5, 0.6) is 0 Å². The zero-order valence-corrected chi connectivity index (χ0v) is 19.2. The molecule has 0 N–H and O–H groups in total. The van der Waals surface area contributed by atoms with Crippen LogP contribution in [0.4, 0.5) is 5.69 Å². The molecule has 3 aliphatic rings. The Balaban J connectivity index is 1.71. The van der Waals surface area contributed by atoms with Gasteiger partial charge in [-0.15, -0.1) is 0 Å². The highest BCUT2D eigenvalue weighted by Crippen LogP contribution is 2.36. The third-order valence-electron chi connectivity index (χ3n) is 6.11. The van der Waals surface area contributed by atoms with E-state index in [1.54, 1.807) is 0 Å². The number of carbonyl (C=O) groups excluding carboxylic acids is 1. The summed E-state index contributed by atoms with van der Waals surface area (Å²) in [5.74, 6) is -0.501. The lowest BCUT2D eigenvalue weighted by Gasteiger charge is -2.47. The van der Waals surface area contributed by atoms with E-state index in [1.807, 2.05) is 0 Å². The molecule has 3 aliphatic heterocycles. The molecule has 0 aliphatic carbocycles. The van der Waals surface area contributed by atoms with Gasteiger partial charge in [0, 0.05) is 6.08 Å². The van der Waals surface area contributed by atoms with Crippen LogP contribution in [0.3, 0.4) is 0 Å². The average molecular weight is 441 g/mol. The second kappa shape index (κ2) is 9.06. The number of carbonyl (C=O) groups is 1. The summed E-state index contributed by atoms with van der Waals surface area (Å²) in [4.78, 5) is 11.7. The summed E-state index contributed by atoms with van der Waals surface area (Å²) in [6.45, 7) is 11.0. The van der Waals surface area contributed by atoms with Gasteiger partial charge in [0.2, 0.25) is 0 Å². The van der Waals surface area contributed by atoms with Gasteiger partial charge in [-0.3, -0.25) is 4.48 Å². The van der Waals surface area contributed by atoms with Gasteiger partial charge in [-0.2, -0.15) is 0 Å². The molecule has 2 aromatic carbocycles. The van der Waals surface area contributed by atoms with Crippen LogP contribution in [0.1, 0.15) is 22.8 Å². The Morgan fingerprint density at radius 3 is 2.23 bits per heavy atom. The number of aryl methyl sites for hydroxylation is 2. The van der Waals surface area contributed by atoms with E-state index in [-0.39, 0.29) is 12.3 Å². The lowest BCUT2D eigenvalue weighted by molar-refractivity contribution is -0.139. The molecule has 31 heavy (non-hydrogen) atoms. The lowest BCUT2D eigenvalue weighted by Crippen LogP contribution is -2.66. The summed E-state index contributed by atoms with van der Waals surface area (Å²) < 4.78 is 25.2. The number of ether oxygens (including phenoxy) is 1. The molecule has 6 nitrogen and oxygen atoms in total. The average Bonchev–Trinajstić information content (AvgIpc) is 2.73. The first-order valence-electron chi connectivity index (χ1n) is 10.7. The fourth-order valence-electron chi connectivity index (χ4n) is 4.24. The summed E-state index contributed by atoms with van der Waals surface area (Å²) in [6.07, 6.45) is 0.898. The Kier molecular flexibility index (Phi) is 6.41. The van der Waals surface area contributed by atoms with Crippen molar-refractivity contribution in [3.05, 3.63) is 77.9 Å². The van der Waals surface area contributed by atoms with Gasteiger partial charge in [-0.25, -0.2) is 4.79 Å². The van der Waals surface area contributed by atoms with Crippen molar-refractivity contribution < 1.29 is 22.8 Å². The summed E-state index contributed by atoms with van der Waals surface area (Å²) in [7, 11) is -3.21. The van der Waals surface area contributed by atoms with E-state index in [0.717, 1.165) is 35.8 Å². The molecule has 0 radical (unpaired) electrons. The summed E-state index contributed by atoms with van der Waals surface area (Å²) in [6, 6.07) is 17.1. The first-order chi connectivity index (χ1) is 14.9. The highest BCUT2D eigenvalue weighted by atomic mass is 28.4. The third kappa shape index (κ3) is 4.81. The van der Waals surface area contributed by atoms with Crippen LogP contribution in [0.25, 0.3) is 0 Å². The second-order valence-electron chi connectivity index (χ2n) is 8.32. The van der Waals surface area contributed by atoms with Crippen LogP contribution < -0.4 is 4.48 Å². The van der Waals surface area contributed by atoms with Crippen molar-refractivity contribution in [2.24, 2.45) is 0 Å². The molecule has 2 bridgehead atoms. The first kappa shape index (κ1) is 21.9. The summed E-state index contributed by atoms with van der Waals surface area (Å²) in [5, 5.41) is 0. The Bertz CT molecular complexity index is 918. The third-order valence-corrected chi connectivity index (χ3v) is 8.54. The molecule has 2 aromatic rings. The molecule has 0 saturated carbocycles. The van der Waals surface area contributed by atoms with Crippen molar-refractivity contribution in [1.82, 2.24) is 4.48 Å². The van der Waals surface area contributed by atoms with Gasteiger partial charge in [0.1, 0.15) is 31.4 Å². The number of esters is 1. The molecular formula is C24H30NO5Si+. The molecule has 0 aromatic heterocycles. The van der Waals surface area contributed by atoms with Crippen LogP contribution in [0, 0.1) is 13.8 Å². The SMILES string of the molecule is C=CC(=O)OC[Si]12OCC[N+](c3ccc(C)cc3)(CCO1)CC(c1ccc(C)cc1)O2. The van der Waals surface area contributed by atoms with Gasteiger partial charge in [-0.1, -0.05) is 54.1 Å². The molecule has 0 spiro atoms. The maximum absolute atomic E-state index is 11.7. The fourth-order valence-corrected chi connectivity index (χ4v) is 6.46. The van der Waals surface area contributed by atoms with Gasteiger partial charge in [0.15, 0.2) is 6.23 Å². The number of benzene rings is 2. The summed E-state index contributed by atoms with van der Waals surface area (Å²) in [5.41, 5.74) is 4.73. The van der Waals surface area contributed by atoms with E-state index >= 15 is 0 Å². The number of hydrogen-bond acceptors (Lipinski definition) is 5. The highest BCUT2D eigenvalue weighted by molar-refractivity contribution is 6.60. The molecule has 164 valence electrons. The first-order valence-corrected chi connectivity index (χ1v) is 12.6. The van der Waals surface area contributed by atoms with Gasteiger partial charge >= 0.3 is 14.8 Å². The van der Waals surface area contributed by atoms with Crippen molar-refractivity contribution in [2.45, 2.75) is 20.0 Å². The molecule has 3 heterocycles. The second-order valence-corrected chi connectivity index (χ2v) is 10.8. The number of rotatable bonds is 5. The predicted molar refractivity (Wildman–Crippen MR) is 121 cm³/mol. The Morgan fingerprint density at radius 2 is 1.65 bits per heavy atom. The van der Waals surface area contributed by atoms with Crippen molar-refractivity contribution in [2.75, 3.05) is 39.1 Å². The zero-order valence-electron chi connectivity index (χ0n) is 18.2. The van der Waals surface area contributed by atoms with Crippen molar-refractivity contribution in [3.63, 3.8) is 0 Å². The number of hydrogen-bond donors (Lipinski definition) is 0. The van der Waals surface area contributed by atoms with Crippen LogP contribution in [0.2, 0.25) is 0 Å². The minimum atomic E-state index is -3.21. The van der Waals surface area contributed by atoms with E-state index in [9.17, 15) is 4.79 Å². The Hall–Kier alpha value is -2.29. The molecule has 7 heteroatoms. The van der Waals surface area contributed by atoms with Crippen LogP contribution in [0.15, 0.2) is 61.2 Å². The minimum Gasteiger partial charge on any atom is -0.458 e. The zero-order chi connectivity index (χ0) is 21.9. The van der Waals surface area contributed by atoms with Crippen molar-refractivity contribution in [1.29, 1.82) is 0 Å². The van der Waals surface area contributed by atoms with Gasteiger partial charge < -0.3 is 18.0 Å². The van der Waals surface area contributed by atoms with E-state index < -0.39 is 14.8 Å². The largest absolute Gasteiger partial charge is 0.541 e. The maximum Gasteiger partial charge on any atom is 0.541 e. The monoisotopic (exact) mass is 440 g/mol. The smallest absolute Gasteiger partial charge is 0.458 e. The Morgan fingerprint density at radius 1 is 1.06 bits per heavy atom. The number of nitrogens with zero attached hydrogens (tertiary/aromatic N) is 1. The number of fused-ring (bicyclic) bond motifs is 6. The van der Waals surface area contributed by atoms with E-state index in [4.69, 9.17) is 18.0 Å². The van der Waals surface area contributed by atoms with Crippen LogP contribution in [-0.2, 0) is 22.8 Å². The Labute approximate surface area is 185 Å². The van der Waals surface area contributed by atoms with Crippen LogP contribution >= 0.6 is 0 Å². The molecule has 5 rings (SSSR count). The topological polar surface area (TPSA) is 54.0 Å². The van der Waals surface area contributed by atoms with Gasteiger partial charge in [0.25, 0.3) is 0 Å². The van der Waals surface area contributed by atoms with Crippen LogP contribution in [-0.4, -0.2) is 53.9 Å². The van der Waals surface area contributed by atoms with E-state index in [0.29, 0.717) is 13.2 Å². The maximum atomic E-state index is 11.7. The molecule has 1 unspecified atom stereocenters. The van der Waals surface area contributed by atoms with E-state index in [1.165, 1.54) is 16.8 Å². The standard InChI is InChI=1S/C24H30NO5Si/c1-4-24(26)27-18-31-28-15-13-25(14-16-29-31,22-11-7-20(3)8-12-22)17-23(30-31)21-9-5-19(2)6-10-21/h4-12,23H,1,13-18H2,2-3H3/q+1. The predicted octanol–water partition coefficient (Wildman–Crippen LogP) is 3.64. The molecule has 3 saturated heterocycles. The lowest BCUT2D eigenvalue weighted by atomic mass is 10.0. The molecular weight excluding hydrogens is 410 g/mol. The van der Waals surface area contributed by atoms with Gasteiger partial charge in [0.05, 0.1) is 13.2 Å². The highest BCUT2D eigenvalue weighted by Gasteiger charge is 2.53. The quantitative estimate of drug-likeness (QED) is 0.308. The van der Waals surface area contributed by atoms with Crippen molar-refractivity contribution >= 4 is 20.5 Å². The minimum absolute atomic E-state index is 0.00918. The normalized spacial score (nSPS) is 28.3. The van der Waals surface area contributed by atoms with Crippen molar-refractivity contribution in [3.8, 4) is 0 Å².